The lowest BCUT2D eigenvalue weighted by Gasteiger charge is -1.85. The van der Waals surface area contributed by atoms with Crippen molar-refractivity contribution < 1.29 is 1.43 Å². The summed E-state index contributed by atoms with van der Waals surface area (Å²) in [5.74, 6) is 0. The summed E-state index contributed by atoms with van der Waals surface area (Å²) in [7, 11) is 0. The summed E-state index contributed by atoms with van der Waals surface area (Å²) < 4.78 is 0. The Morgan fingerprint density at radius 1 is 1.42 bits per heavy atom. The summed E-state index contributed by atoms with van der Waals surface area (Å²) in [5.41, 5.74) is 5.17. The largest absolute Gasteiger partial charge is 0.325 e. The normalized spacial score (nSPS) is 9.42. The second kappa shape index (κ2) is 22.4. The van der Waals surface area contributed by atoms with Crippen molar-refractivity contribution in [2.75, 3.05) is 0 Å². The van der Waals surface area contributed by atoms with E-state index in [0.29, 0.717) is 0 Å². The van der Waals surface area contributed by atoms with Gasteiger partial charge in [-0.3, -0.25) is 0 Å². The molecule has 0 aromatic carbocycles. The molecule has 0 saturated heterocycles. The second-order valence-corrected chi connectivity index (χ2v) is 2.17. The Bertz CT molecular complexity index is 80.2. The van der Waals surface area contributed by atoms with Crippen molar-refractivity contribution in [2.45, 2.75) is 46.6 Å². The standard InChI is InChI=1S/C5H10.C4H9N.C2H6.H2/c1-3-5-4-2;1-3-4(2)5;1-2;/h3H,1,4-5H2,2H3;3-4H,1,5H2,2H3;1-2H3;1H/t;4-;;/m.0../s1. The van der Waals surface area contributed by atoms with Gasteiger partial charge in [-0.1, -0.05) is 39.3 Å². The number of allylic oxidation sites excluding steroid dienone is 1. The Morgan fingerprint density at radius 3 is 1.75 bits per heavy atom. The molecule has 0 saturated carbocycles. The SMILES string of the molecule is C=CCCC.C=C[C@H](C)N.CC.[HH]. The van der Waals surface area contributed by atoms with Gasteiger partial charge in [-0.25, -0.2) is 0 Å². The van der Waals surface area contributed by atoms with E-state index in [4.69, 9.17) is 5.73 Å². The zero-order valence-corrected chi connectivity index (χ0v) is 9.14. The van der Waals surface area contributed by atoms with Crippen LogP contribution >= 0.6 is 0 Å². The molecule has 0 aliphatic carbocycles. The van der Waals surface area contributed by atoms with Crippen molar-refractivity contribution in [2.24, 2.45) is 5.73 Å². The zero-order valence-electron chi connectivity index (χ0n) is 9.14. The van der Waals surface area contributed by atoms with E-state index in [1.54, 1.807) is 6.08 Å². The Labute approximate surface area is 79.8 Å². The maximum atomic E-state index is 5.17. The van der Waals surface area contributed by atoms with Gasteiger partial charge in [-0.15, -0.1) is 13.2 Å². The third-order valence-corrected chi connectivity index (χ3v) is 0.865. The molecule has 0 amide bonds. The average molecular weight is 173 g/mol. The third kappa shape index (κ3) is 56.8. The monoisotopic (exact) mass is 173 g/mol. The van der Waals surface area contributed by atoms with Crippen molar-refractivity contribution in [3.05, 3.63) is 25.3 Å². The van der Waals surface area contributed by atoms with Crippen LogP contribution in [0.5, 0.6) is 0 Å². The highest BCUT2D eigenvalue weighted by Crippen LogP contribution is 1.82. The smallest absolute Gasteiger partial charge is 0.0192 e. The molecular weight excluding hydrogens is 146 g/mol. The van der Waals surface area contributed by atoms with Crippen molar-refractivity contribution in [3.8, 4) is 0 Å². The lowest BCUT2D eigenvalue weighted by molar-refractivity contribution is 0.929. The lowest BCUT2D eigenvalue weighted by atomic mass is 10.3. The van der Waals surface area contributed by atoms with E-state index >= 15 is 0 Å². The van der Waals surface area contributed by atoms with Crippen LogP contribution in [0.1, 0.15) is 42.0 Å². The topological polar surface area (TPSA) is 26.0 Å². The fraction of sp³-hybridized carbons (Fsp3) is 0.636. The molecule has 0 heterocycles. The number of rotatable bonds is 3. The molecule has 0 unspecified atom stereocenters. The molecule has 1 heteroatoms. The molecule has 0 bridgehead atoms. The minimum atomic E-state index is 0. The Kier molecular flexibility index (Phi) is 32.7. The molecule has 0 rings (SSSR count). The Morgan fingerprint density at radius 2 is 1.75 bits per heavy atom. The van der Waals surface area contributed by atoms with Crippen LogP contribution in [0.2, 0.25) is 0 Å². The van der Waals surface area contributed by atoms with Crippen LogP contribution in [-0.2, 0) is 0 Å². The van der Waals surface area contributed by atoms with E-state index in [1.165, 1.54) is 6.42 Å². The van der Waals surface area contributed by atoms with Gasteiger partial charge >= 0.3 is 0 Å². The summed E-state index contributed by atoms with van der Waals surface area (Å²) in [6, 6.07) is 0.148. The first kappa shape index (κ1) is 17.5. The van der Waals surface area contributed by atoms with Gasteiger partial charge in [-0.05, 0) is 13.3 Å². The van der Waals surface area contributed by atoms with E-state index in [0.717, 1.165) is 6.42 Å². The van der Waals surface area contributed by atoms with Gasteiger partial charge in [0.25, 0.3) is 0 Å². The molecule has 0 fully saturated rings. The van der Waals surface area contributed by atoms with Crippen LogP contribution in [0.4, 0.5) is 0 Å². The highest BCUT2D eigenvalue weighted by molar-refractivity contribution is 4.76. The fourth-order valence-electron chi connectivity index (χ4n) is 0.204. The maximum Gasteiger partial charge on any atom is 0.0192 e. The second-order valence-electron chi connectivity index (χ2n) is 2.17. The van der Waals surface area contributed by atoms with E-state index in [9.17, 15) is 0 Å². The van der Waals surface area contributed by atoms with E-state index in [2.05, 4.69) is 20.1 Å². The summed E-state index contributed by atoms with van der Waals surface area (Å²) in [6.07, 6.45) is 6.00. The van der Waals surface area contributed by atoms with Gasteiger partial charge in [-0.2, -0.15) is 0 Å². The van der Waals surface area contributed by atoms with Crippen LogP contribution in [0.3, 0.4) is 0 Å². The van der Waals surface area contributed by atoms with E-state index in [1.807, 2.05) is 26.8 Å². The summed E-state index contributed by atoms with van der Waals surface area (Å²) >= 11 is 0. The highest BCUT2D eigenvalue weighted by atomic mass is 14.6. The molecule has 0 radical (unpaired) electrons. The van der Waals surface area contributed by atoms with Crippen molar-refractivity contribution >= 4 is 0 Å². The number of unbranched alkanes of at least 4 members (excludes halogenated alkanes) is 1. The van der Waals surface area contributed by atoms with Gasteiger partial charge in [0, 0.05) is 7.47 Å². The summed E-state index contributed by atoms with van der Waals surface area (Å²) in [4.78, 5) is 0. The van der Waals surface area contributed by atoms with Gasteiger partial charge in [0.05, 0.1) is 0 Å². The molecule has 0 aromatic rings. The molecule has 0 aliphatic heterocycles. The molecule has 76 valence electrons. The van der Waals surface area contributed by atoms with Crippen LogP contribution < -0.4 is 5.73 Å². The summed E-state index contributed by atoms with van der Waals surface area (Å²) in [6.45, 7) is 15.0. The lowest BCUT2D eigenvalue weighted by Crippen LogP contribution is -2.09. The quantitative estimate of drug-likeness (QED) is 0.646. The molecule has 2 N–H and O–H groups in total. The number of hydrogen-bond acceptors (Lipinski definition) is 1. The minimum Gasteiger partial charge on any atom is -0.325 e. The fourth-order valence-corrected chi connectivity index (χ4v) is 0.204. The predicted octanol–water partition coefficient (Wildman–Crippen LogP) is 3.76. The maximum absolute atomic E-state index is 5.17. The number of hydrogen-bond donors (Lipinski definition) is 1. The van der Waals surface area contributed by atoms with Crippen molar-refractivity contribution in [1.82, 2.24) is 0 Å². The zero-order chi connectivity index (χ0) is 10.4. The summed E-state index contributed by atoms with van der Waals surface area (Å²) in [5, 5.41) is 0. The Hall–Kier alpha value is -0.560. The molecule has 0 spiro atoms. The van der Waals surface area contributed by atoms with E-state index < -0.39 is 0 Å². The molecule has 1 atom stereocenters. The van der Waals surface area contributed by atoms with Crippen LogP contribution in [0.15, 0.2) is 25.3 Å². The van der Waals surface area contributed by atoms with Gasteiger partial charge in [0.15, 0.2) is 0 Å². The van der Waals surface area contributed by atoms with Gasteiger partial charge in [0.2, 0.25) is 0 Å². The number of nitrogens with two attached hydrogens (primary N) is 1. The highest BCUT2D eigenvalue weighted by Gasteiger charge is 1.73. The van der Waals surface area contributed by atoms with E-state index in [-0.39, 0.29) is 7.47 Å². The van der Waals surface area contributed by atoms with Crippen LogP contribution in [0, 0.1) is 0 Å². The van der Waals surface area contributed by atoms with Crippen LogP contribution in [-0.4, -0.2) is 6.04 Å². The van der Waals surface area contributed by atoms with Crippen molar-refractivity contribution in [3.63, 3.8) is 0 Å². The first-order valence-corrected chi connectivity index (χ1v) is 4.68. The first-order valence-electron chi connectivity index (χ1n) is 4.68. The molecule has 0 aromatic heterocycles. The van der Waals surface area contributed by atoms with Gasteiger partial charge < -0.3 is 5.73 Å². The predicted molar refractivity (Wildman–Crippen MR) is 62.4 cm³/mol. The molecular formula is C11H27N. The third-order valence-electron chi connectivity index (χ3n) is 0.865. The molecule has 0 aliphatic rings. The van der Waals surface area contributed by atoms with Crippen molar-refractivity contribution in [1.29, 1.82) is 0 Å². The average Bonchev–Trinajstić information content (AvgIpc) is 2.10. The van der Waals surface area contributed by atoms with Crippen LogP contribution in [0.25, 0.3) is 0 Å². The first-order chi connectivity index (χ1) is 5.68. The Balaban J connectivity index is -0.0000000491. The van der Waals surface area contributed by atoms with Gasteiger partial charge in [0.1, 0.15) is 0 Å². The minimum absolute atomic E-state index is 0. The molecule has 1 nitrogen and oxygen atoms in total. The molecule has 12 heavy (non-hydrogen) atoms.